The van der Waals surface area contributed by atoms with Gasteiger partial charge in [0.1, 0.15) is 11.6 Å². The second-order valence-corrected chi connectivity index (χ2v) is 4.80. The molecule has 0 fully saturated rings. The minimum Gasteiger partial charge on any atom is -0.364 e. The lowest BCUT2D eigenvalue weighted by atomic mass is 10.2. The molecule has 5 heteroatoms. The maximum atomic E-state index is 13.5. The third-order valence-corrected chi connectivity index (χ3v) is 2.85. The molecule has 0 unspecified atom stereocenters. The smallest absolute Gasteiger partial charge is 0.148 e. The fraction of sp³-hybridized carbons (Fsp3) is 0.308. The summed E-state index contributed by atoms with van der Waals surface area (Å²) in [7, 11) is 0. The van der Waals surface area contributed by atoms with Crippen LogP contribution in [0, 0.1) is 5.82 Å². The zero-order chi connectivity index (χ0) is 13.1. The lowest BCUT2D eigenvalue weighted by Gasteiger charge is -2.06. The van der Waals surface area contributed by atoms with Crippen LogP contribution in [-0.4, -0.2) is 9.78 Å². The van der Waals surface area contributed by atoms with Crippen molar-refractivity contribution in [3.8, 4) is 0 Å². The highest BCUT2D eigenvalue weighted by Crippen LogP contribution is 2.16. The number of hydrogen-bond acceptors (Lipinski definition) is 2. The second kappa shape index (κ2) is 5.40. The maximum absolute atomic E-state index is 13.5. The van der Waals surface area contributed by atoms with E-state index < -0.39 is 0 Å². The summed E-state index contributed by atoms with van der Waals surface area (Å²) >= 11 is 5.70. The molecule has 0 aliphatic carbocycles. The molecular formula is C13H15ClFN3. The van der Waals surface area contributed by atoms with E-state index in [1.807, 2.05) is 16.9 Å². The standard InChI is InChI=1S/C13H15ClFN3/c1-9(2)18-6-5-13(17-18)16-8-10-3-4-11(14)7-12(10)15/h3-7,9H,8H2,1-2H3,(H,16,17). The molecule has 3 nitrogen and oxygen atoms in total. The first-order chi connectivity index (χ1) is 8.56. The average molecular weight is 268 g/mol. The molecule has 1 aromatic carbocycles. The van der Waals surface area contributed by atoms with Crippen LogP contribution in [0.2, 0.25) is 5.02 Å². The summed E-state index contributed by atoms with van der Waals surface area (Å²) in [4.78, 5) is 0. The third kappa shape index (κ3) is 3.01. The monoisotopic (exact) mass is 267 g/mol. The molecule has 0 atom stereocenters. The molecular weight excluding hydrogens is 253 g/mol. The Bertz CT molecular complexity index is 537. The molecule has 0 aliphatic rings. The van der Waals surface area contributed by atoms with E-state index in [1.54, 1.807) is 12.1 Å². The number of nitrogens with zero attached hydrogens (tertiary/aromatic N) is 2. The van der Waals surface area contributed by atoms with Crippen molar-refractivity contribution in [2.24, 2.45) is 0 Å². The SMILES string of the molecule is CC(C)n1ccc(NCc2ccc(Cl)cc2F)n1. The molecule has 0 saturated heterocycles. The molecule has 0 spiro atoms. The molecule has 0 saturated carbocycles. The Kier molecular flexibility index (Phi) is 3.87. The van der Waals surface area contributed by atoms with Gasteiger partial charge in [-0.2, -0.15) is 5.10 Å². The number of nitrogens with one attached hydrogen (secondary N) is 1. The van der Waals surface area contributed by atoms with Gasteiger partial charge in [0, 0.05) is 35.4 Å². The van der Waals surface area contributed by atoms with E-state index in [-0.39, 0.29) is 5.82 Å². The number of aromatic nitrogens is 2. The number of halogens is 2. The van der Waals surface area contributed by atoms with E-state index in [0.29, 0.717) is 23.2 Å². The molecule has 1 heterocycles. The van der Waals surface area contributed by atoms with Gasteiger partial charge in [0.15, 0.2) is 0 Å². The minimum atomic E-state index is -0.307. The molecule has 18 heavy (non-hydrogen) atoms. The number of hydrogen-bond donors (Lipinski definition) is 1. The molecule has 1 N–H and O–H groups in total. The number of anilines is 1. The summed E-state index contributed by atoms with van der Waals surface area (Å²) in [5, 5.41) is 7.81. The van der Waals surface area contributed by atoms with Crippen molar-refractivity contribution in [1.29, 1.82) is 0 Å². The Morgan fingerprint density at radius 1 is 1.39 bits per heavy atom. The minimum absolute atomic E-state index is 0.307. The van der Waals surface area contributed by atoms with Gasteiger partial charge in [-0.15, -0.1) is 0 Å². The summed E-state index contributed by atoms with van der Waals surface area (Å²) in [5.74, 6) is 0.427. The van der Waals surface area contributed by atoms with E-state index in [1.165, 1.54) is 6.07 Å². The average Bonchev–Trinajstić information content (AvgIpc) is 2.76. The van der Waals surface area contributed by atoms with Gasteiger partial charge in [-0.05, 0) is 26.0 Å². The van der Waals surface area contributed by atoms with Crippen LogP contribution in [0.3, 0.4) is 0 Å². The van der Waals surface area contributed by atoms with Crippen molar-refractivity contribution < 1.29 is 4.39 Å². The zero-order valence-corrected chi connectivity index (χ0v) is 11.1. The van der Waals surface area contributed by atoms with Crippen LogP contribution in [-0.2, 0) is 6.54 Å². The van der Waals surface area contributed by atoms with Gasteiger partial charge < -0.3 is 5.32 Å². The van der Waals surface area contributed by atoms with Crippen molar-refractivity contribution in [2.75, 3.05) is 5.32 Å². The second-order valence-electron chi connectivity index (χ2n) is 4.36. The van der Waals surface area contributed by atoms with Gasteiger partial charge in [0.25, 0.3) is 0 Å². The van der Waals surface area contributed by atoms with Crippen LogP contribution in [0.4, 0.5) is 10.2 Å². The van der Waals surface area contributed by atoms with Gasteiger partial charge in [-0.3, -0.25) is 4.68 Å². The van der Waals surface area contributed by atoms with Gasteiger partial charge in [0.05, 0.1) is 0 Å². The lowest BCUT2D eigenvalue weighted by molar-refractivity contribution is 0.533. The fourth-order valence-corrected chi connectivity index (χ4v) is 1.73. The van der Waals surface area contributed by atoms with Gasteiger partial charge >= 0.3 is 0 Å². The highest BCUT2D eigenvalue weighted by Gasteiger charge is 2.05. The van der Waals surface area contributed by atoms with Gasteiger partial charge in [-0.25, -0.2) is 4.39 Å². The highest BCUT2D eigenvalue weighted by molar-refractivity contribution is 6.30. The van der Waals surface area contributed by atoms with Gasteiger partial charge in [-0.1, -0.05) is 17.7 Å². The van der Waals surface area contributed by atoms with Crippen LogP contribution in [0.1, 0.15) is 25.5 Å². The number of rotatable bonds is 4. The quantitative estimate of drug-likeness (QED) is 0.911. The maximum Gasteiger partial charge on any atom is 0.148 e. The Morgan fingerprint density at radius 3 is 2.78 bits per heavy atom. The topological polar surface area (TPSA) is 29.9 Å². The largest absolute Gasteiger partial charge is 0.364 e. The molecule has 0 radical (unpaired) electrons. The van der Waals surface area contributed by atoms with E-state index in [0.717, 1.165) is 5.82 Å². The van der Waals surface area contributed by atoms with Crippen LogP contribution in [0.25, 0.3) is 0 Å². The van der Waals surface area contributed by atoms with Crippen molar-refractivity contribution in [2.45, 2.75) is 26.4 Å². The summed E-state index contributed by atoms with van der Waals surface area (Å²) in [5.41, 5.74) is 0.568. The molecule has 96 valence electrons. The third-order valence-electron chi connectivity index (χ3n) is 2.61. The van der Waals surface area contributed by atoms with Crippen LogP contribution in [0.5, 0.6) is 0 Å². The Labute approximate surface area is 111 Å². The fourth-order valence-electron chi connectivity index (χ4n) is 1.57. The van der Waals surface area contributed by atoms with Crippen LogP contribution < -0.4 is 5.32 Å². The van der Waals surface area contributed by atoms with Crippen LogP contribution >= 0.6 is 11.6 Å². The van der Waals surface area contributed by atoms with E-state index in [2.05, 4.69) is 24.3 Å². The predicted octanol–water partition coefficient (Wildman–Crippen LogP) is 3.87. The van der Waals surface area contributed by atoms with E-state index in [9.17, 15) is 4.39 Å². The first-order valence-corrected chi connectivity index (χ1v) is 6.17. The highest BCUT2D eigenvalue weighted by atomic mass is 35.5. The summed E-state index contributed by atoms with van der Waals surface area (Å²) in [6.07, 6.45) is 1.89. The zero-order valence-electron chi connectivity index (χ0n) is 10.3. The first kappa shape index (κ1) is 12.9. The molecule has 0 aliphatic heterocycles. The molecule has 0 bridgehead atoms. The van der Waals surface area contributed by atoms with Crippen LogP contribution in [0.15, 0.2) is 30.5 Å². The molecule has 2 aromatic rings. The van der Waals surface area contributed by atoms with Crippen molar-refractivity contribution in [1.82, 2.24) is 9.78 Å². The molecule has 1 aromatic heterocycles. The van der Waals surface area contributed by atoms with E-state index in [4.69, 9.17) is 11.6 Å². The lowest BCUT2D eigenvalue weighted by Crippen LogP contribution is -2.05. The Balaban J connectivity index is 2.02. The van der Waals surface area contributed by atoms with Crippen molar-refractivity contribution in [3.63, 3.8) is 0 Å². The molecule has 0 amide bonds. The summed E-state index contributed by atoms with van der Waals surface area (Å²) in [6.45, 7) is 4.49. The van der Waals surface area contributed by atoms with Gasteiger partial charge in [0.2, 0.25) is 0 Å². The summed E-state index contributed by atoms with van der Waals surface area (Å²) in [6, 6.07) is 6.84. The normalized spacial score (nSPS) is 10.9. The molecule has 2 rings (SSSR count). The Hall–Kier alpha value is -1.55. The Morgan fingerprint density at radius 2 is 2.17 bits per heavy atom. The predicted molar refractivity (Wildman–Crippen MR) is 71.3 cm³/mol. The van der Waals surface area contributed by atoms with Crippen molar-refractivity contribution in [3.05, 3.63) is 46.9 Å². The van der Waals surface area contributed by atoms with Crippen molar-refractivity contribution >= 4 is 17.4 Å². The number of benzene rings is 1. The first-order valence-electron chi connectivity index (χ1n) is 5.79. The van der Waals surface area contributed by atoms with E-state index >= 15 is 0 Å². The summed E-state index contributed by atoms with van der Waals surface area (Å²) < 4.78 is 15.4.